The van der Waals surface area contributed by atoms with Gasteiger partial charge >= 0.3 is 11.9 Å². The van der Waals surface area contributed by atoms with Gasteiger partial charge in [-0.1, -0.05) is 0 Å². The van der Waals surface area contributed by atoms with Crippen LogP contribution in [0.25, 0.3) is 0 Å². The predicted molar refractivity (Wildman–Crippen MR) is 96.2 cm³/mol. The highest BCUT2D eigenvalue weighted by atomic mass is 16.4. The van der Waals surface area contributed by atoms with E-state index in [1.165, 1.54) is 6.92 Å². The molecule has 0 radical (unpaired) electrons. The zero-order chi connectivity index (χ0) is 23.6. The first-order valence-electron chi connectivity index (χ1n) is 8.48. The van der Waals surface area contributed by atoms with E-state index in [4.69, 9.17) is 21.7 Å². The number of hydrogen-bond acceptors (Lipinski definition) is 9. The van der Waals surface area contributed by atoms with Crippen molar-refractivity contribution in [3.05, 3.63) is 0 Å². The van der Waals surface area contributed by atoms with Gasteiger partial charge in [0.25, 0.3) is 0 Å². The highest BCUT2D eigenvalue weighted by Gasteiger charge is 2.32. The van der Waals surface area contributed by atoms with Crippen LogP contribution in [0, 0.1) is 0 Å². The number of carbonyl (C=O) groups excluding carboxylic acids is 4. The van der Waals surface area contributed by atoms with Crippen LogP contribution >= 0.6 is 0 Å². The van der Waals surface area contributed by atoms with E-state index in [1.54, 1.807) is 0 Å². The number of carboxylic acids is 2. The van der Waals surface area contributed by atoms with E-state index in [0.717, 1.165) is 0 Å². The van der Waals surface area contributed by atoms with Crippen LogP contribution in [0.1, 0.15) is 19.8 Å². The molecule has 0 aromatic rings. The Morgan fingerprint density at radius 1 is 0.833 bits per heavy atom. The van der Waals surface area contributed by atoms with Gasteiger partial charge in [-0.2, -0.15) is 0 Å². The number of carboxylic acid groups (broad SMARTS) is 2. The summed E-state index contributed by atoms with van der Waals surface area (Å²) in [6.07, 6.45) is -2.98. The third-order valence-electron chi connectivity index (χ3n) is 3.67. The average Bonchev–Trinajstić information content (AvgIpc) is 2.62. The first-order chi connectivity index (χ1) is 13.8. The fourth-order valence-corrected chi connectivity index (χ4v) is 2.01. The standard InChI is InChI=1S/C15H25N5O10/c1-5(22)11(17)14(28)18-6(2-9(16)23)12(26)20-8(4-21)13(27)19-7(15(29)30)3-10(24)25/h5-8,11,21-22H,2-4,17H2,1H3,(H2,16,23)(H,18,28)(H,19,27)(H,20,26)(H,24,25)(H,29,30). The number of aliphatic hydroxyl groups excluding tert-OH is 2. The Kier molecular flexibility index (Phi) is 10.9. The second-order valence-corrected chi connectivity index (χ2v) is 6.24. The number of nitrogens with two attached hydrogens (primary N) is 2. The fraction of sp³-hybridized carbons (Fsp3) is 0.600. The van der Waals surface area contributed by atoms with E-state index in [9.17, 15) is 39.0 Å². The van der Waals surface area contributed by atoms with Crippen molar-refractivity contribution in [3.8, 4) is 0 Å². The number of carbonyl (C=O) groups is 6. The summed E-state index contributed by atoms with van der Waals surface area (Å²) in [4.78, 5) is 69.2. The number of aliphatic carboxylic acids is 2. The molecular formula is C15H25N5O10. The molecule has 0 bridgehead atoms. The van der Waals surface area contributed by atoms with Gasteiger partial charge < -0.3 is 47.8 Å². The molecule has 0 spiro atoms. The van der Waals surface area contributed by atoms with Gasteiger partial charge in [0.1, 0.15) is 24.2 Å². The van der Waals surface area contributed by atoms with E-state index in [2.05, 4.69) is 5.32 Å². The van der Waals surface area contributed by atoms with Crippen LogP contribution in [0.2, 0.25) is 0 Å². The van der Waals surface area contributed by atoms with Crippen LogP contribution in [0.4, 0.5) is 0 Å². The Morgan fingerprint density at radius 3 is 1.70 bits per heavy atom. The first kappa shape index (κ1) is 26.7. The molecular weight excluding hydrogens is 410 g/mol. The van der Waals surface area contributed by atoms with Gasteiger partial charge in [-0.05, 0) is 6.92 Å². The molecule has 15 heteroatoms. The van der Waals surface area contributed by atoms with Gasteiger partial charge in [0.2, 0.25) is 23.6 Å². The van der Waals surface area contributed by atoms with E-state index in [1.807, 2.05) is 10.6 Å². The molecule has 0 aliphatic carbocycles. The summed E-state index contributed by atoms with van der Waals surface area (Å²) in [7, 11) is 0. The van der Waals surface area contributed by atoms with Crippen molar-refractivity contribution in [3.63, 3.8) is 0 Å². The lowest BCUT2D eigenvalue weighted by Crippen LogP contribution is -2.59. The van der Waals surface area contributed by atoms with Gasteiger partial charge in [0, 0.05) is 0 Å². The zero-order valence-corrected chi connectivity index (χ0v) is 15.9. The molecule has 0 saturated carbocycles. The topological polar surface area (TPSA) is 271 Å². The lowest BCUT2D eigenvalue weighted by atomic mass is 10.1. The molecule has 5 atom stereocenters. The molecule has 0 aromatic heterocycles. The Labute approximate surface area is 169 Å². The van der Waals surface area contributed by atoms with Crippen LogP contribution in [0.15, 0.2) is 0 Å². The summed E-state index contributed by atoms with van der Waals surface area (Å²) in [5.74, 6) is -7.60. The van der Waals surface area contributed by atoms with Crippen molar-refractivity contribution < 1.29 is 49.2 Å². The van der Waals surface area contributed by atoms with Crippen LogP contribution < -0.4 is 27.4 Å². The van der Waals surface area contributed by atoms with E-state index >= 15 is 0 Å². The molecule has 0 fully saturated rings. The van der Waals surface area contributed by atoms with Crippen molar-refractivity contribution in [1.82, 2.24) is 16.0 Å². The third-order valence-corrected chi connectivity index (χ3v) is 3.67. The summed E-state index contributed by atoms with van der Waals surface area (Å²) < 4.78 is 0. The summed E-state index contributed by atoms with van der Waals surface area (Å²) in [5.41, 5.74) is 10.4. The smallest absolute Gasteiger partial charge is 0.326 e. The van der Waals surface area contributed by atoms with E-state index in [-0.39, 0.29) is 0 Å². The second kappa shape index (κ2) is 12.3. The summed E-state index contributed by atoms with van der Waals surface area (Å²) >= 11 is 0. The first-order valence-corrected chi connectivity index (χ1v) is 8.48. The monoisotopic (exact) mass is 435 g/mol. The van der Waals surface area contributed by atoms with Crippen LogP contribution in [0.3, 0.4) is 0 Å². The Morgan fingerprint density at radius 2 is 1.30 bits per heavy atom. The number of amides is 4. The van der Waals surface area contributed by atoms with Crippen LogP contribution in [-0.2, 0) is 28.8 Å². The highest BCUT2D eigenvalue weighted by molar-refractivity contribution is 5.96. The average molecular weight is 435 g/mol. The number of primary amides is 1. The molecule has 15 nitrogen and oxygen atoms in total. The van der Waals surface area contributed by atoms with Crippen molar-refractivity contribution in [1.29, 1.82) is 0 Å². The third kappa shape index (κ3) is 9.26. The quantitative estimate of drug-likeness (QED) is 0.132. The number of aliphatic hydroxyl groups is 2. The normalized spacial score (nSPS) is 15.6. The molecule has 0 heterocycles. The van der Waals surface area contributed by atoms with Gasteiger partial charge in [0.15, 0.2) is 0 Å². The molecule has 0 saturated heterocycles. The maximum Gasteiger partial charge on any atom is 0.326 e. The molecule has 4 amide bonds. The predicted octanol–water partition coefficient (Wildman–Crippen LogP) is -5.42. The maximum absolute atomic E-state index is 12.3. The van der Waals surface area contributed by atoms with Gasteiger partial charge in [0.05, 0.1) is 25.6 Å². The second-order valence-electron chi connectivity index (χ2n) is 6.24. The lowest BCUT2D eigenvalue weighted by Gasteiger charge is -2.24. The lowest BCUT2D eigenvalue weighted by molar-refractivity contribution is -0.147. The number of nitrogens with one attached hydrogen (secondary N) is 3. The largest absolute Gasteiger partial charge is 0.481 e. The van der Waals surface area contributed by atoms with Gasteiger partial charge in [-0.25, -0.2) is 4.79 Å². The van der Waals surface area contributed by atoms with Gasteiger partial charge in [-0.15, -0.1) is 0 Å². The van der Waals surface area contributed by atoms with Crippen LogP contribution in [-0.4, -0.2) is 92.9 Å². The summed E-state index contributed by atoms with van der Waals surface area (Å²) in [5, 5.41) is 42.1. The molecule has 11 N–H and O–H groups in total. The Hall–Kier alpha value is -3.30. The van der Waals surface area contributed by atoms with Crippen LogP contribution in [0.5, 0.6) is 0 Å². The highest BCUT2D eigenvalue weighted by Crippen LogP contribution is 1.99. The van der Waals surface area contributed by atoms with Crippen molar-refractivity contribution in [2.75, 3.05) is 6.61 Å². The van der Waals surface area contributed by atoms with E-state index < -0.39 is 85.3 Å². The summed E-state index contributed by atoms with van der Waals surface area (Å²) in [6.45, 7) is 0.178. The minimum Gasteiger partial charge on any atom is -0.481 e. The molecule has 30 heavy (non-hydrogen) atoms. The fourth-order valence-electron chi connectivity index (χ4n) is 2.01. The maximum atomic E-state index is 12.3. The molecule has 5 unspecified atom stereocenters. The molecule has 0 aliphatic heterocycles. The Balaban J connectivity index is 5.29. The molecule has 0 rings (SSSR count). The molecule has 0 aromatic carbocycles. The van der Waals surface area contributed by atoms with Crippen molar-refractivity contribution in [2.45, 2.75) is 50.0 Å². The molecule has 0 aliphatic rings. The van der Waals surface area contributed by atoms with Crippen molar-refractivity contribution >= 4 is 35.6 Å². The number of rotatable bonds is 13. The minimum absolute atomic E-state index is 0.722. The SMILES string of the molecule is CC(O)C(N)C(=O)NC(CC(N)=O)C(=O)NC(CO)C(=O)NC(CC(=O)O)C(=O)O. The zero-order valence-electron chi connectivity index (χ0n) is 15.9. The van der Waals surface area contributed by atoms with Crippen molar-refractivity contribution in [2.24, 2.45) is 11.5 Å². The number of hydrogen-bond donors (Lipinski definition) is 9. The Bertz CT molecular complexity index is 683. The van der Waals surface area contributed by atoms with Gasteiger partial charge in [-0.3, -0.25) is 24.0 Å². The molecule has 170 valence electrons. The summed E-state index contributed by atoms with van der Waals surface area (Å²) in [6, 6.07) is -6.66. The minimum atomic E-state index is -1.84. The van der Waals surface area contributed by atoms with E-state index in [0.29, 0.717) is 0 Å².